The minimum Gasteiger partial charge on any atom is -0.493 e. The molecule has 2 aromatic heterocycles. The molecule has 13 heteroatoms. The lowest BCUT2D eigenvalue weighted by Crippen LogP contribution is -2.37. The molecule has 0 unspecified atom stereocenters. The van der Waals surface area contributed by atoms with Crippen molar-refractivity contribution in [1.82, 2.24) is 29.2 Å². The molecule has 0 radical (unpaired) electrons. The number of hydrogen-bond donors (Lipinski definition) is 4. The number of ether oxygens (including phenoxy) is 1. The van der Waals surface area contributed by atoms with E-state index in [1.807, 2.05) is 6.92 Å². The quantitative estimate of drug-likeness (QED) is 0.233. The van der Waals surface area contributed by atoms with E-state index in [1.165, 1.54) is 22.7 Å². The zero-order valence-corrected chi connectivity index (χ0v) is 21.6. The van der Waals surface area contributed by atoms with Gasteiger partial charge in [-0.05, 0) is 38.5 Å². The third-order valence-electron chi connectivity index (χ3n) is 5.59. The van der Waals surface area contributed by atoms with E-state index in [0.29, 0.717) is 61.0 Å². The highest BCUT2D eigenvalue weighted by Gasteiger charge is 2.21. The molecule has 198 valence electrons. The van der Waals surface area contributed by atoms with Crippen LogP contribution in [0, 0.1) is 6.92 Å². The lowest BCUT2D eigenvalue weighted by Gasteiger charge is -2.20. The number of benzene rings is 1. The number of aliphatic hydroxyl groups excluding tert-OH is 2. The molecule has 36 heavy (non-hydrogen) atoms. The Kier molecular flexibility index (Phi) is 9.56. The molecule has 0 bridgehead atoms. The Morgan fingerprint density at radius 2 is 1.89 bits per heavy atom. The molecule has 0 aliphatic carbocycles. The van der Waals surface area contributed by atoms with E-state index in [1.54, 1.807) is 18.7 Å². The lowest BCUT2D eigenvalue weighted by atomic mass is 10.2. The van der Waals surface area contributed by atoms with Crippen molar-refractivity contribution in [2.75, 3.05) is 46.0 Å². The van der Waals surface area contributed by atoms with Gasteiger partial charge in [0.2, 0.25) is 10.0 Å². The van der Waals surface area contributed by atoms with Crippen LogP contribution in [0.4, 0.5) is 0 Å². The normalized spacial score (nSPS) is 12.1. The van der Waals surface area contributed by atoms with E-state index < -0.39 is 10.0 Å². The summed E-state index contributed by atoms with van der Waals surface area (Å²) in [7, 11) is -3.91. The molecular weight excluding hydrogens is 488 g/mol. The molecule has 3 aromatic rings. The summed E-state index contributed by atoms with van der Waals surface area (Å²) in [4.78, 5) is 21.9. The van der Waals surface area contributed by atoms with Crippen LogP contribution in [0.25, 0.3) is 16.9 Å². The van der Waals surface area contributed by atoms with Gasteiger partial charge in [0.1, 0.15) is 11.6 Å². The van der Waals surface area contributed by atoms with Crippen molar-refractivity contribution in [3.8, 4) is 17.1 Å². The van der Waals surface area contributed by atoms with Gasteiger partial charge in [0.25, 0.3) is 5.56 Å². The molecule has 0 fully saturated rings. The Labute approximate surface area is 210 Å². The Balaban J connectivity index is 1.99. The average molecular weight is 523 g/mol. The fourth-order valence-corrected chi connectivity index (χ4v) is 4.97. The molecule has 0 saturated heterocycles. The average Bonchev–Trinajstić information content (AvgIpc) is 3.15. The van der Waals surface area contributed by atoms with Crippen LogP contribution in [0.1, 0.15) is 31.8 Å². The van der Waals surface area contributed by atoms with Gasteiger partial charge in [-0.15, -0.1) is 5.10 Å². The summed E-state index contributed by atoms with van der Waals surface area (Å²) in [5.41, 5.74) is 0.866. The maximum absolute atomic E-state index is 13.0. The molecule has 0 amide bonds. The second-order valence-electron chi connectivity index (χ2n) is 8.20. The predicted octanol–water partition coefficient (Wildman–Crippen LogP) is 0.309. The number of rotatable bonds is 14. The van der Waals surface area contributed by atoms with Crippen molar-refractivity contribution in [3.05, 3.63) is 40.1 Å². The first-order valence-corrected chi connectivity index (χ1v) is 13.4. The van der Waals surface area contributed by atoms with Gasteiger partial charge < -0.3 is 19.9 Å². The number of aryl methyl sites for hydroxylation is 2. The Morgan fingerprint density at radius 1 is 1.17 bits per heavy atom. The zero-order chi connectivity index (χ0) is 26.3. The third-order valence-corrected chi connectivity index (χ3v) is 7.04. The molecule has 0 aliphatic rings. The van der Waals surface area contributed by atoms with Crippen molar-refractivity contribution in [3.63, 3.8) is 0 Å². The summed E-state index contributed by atoms with van der Waals surface area (Å²) in [5, 5.41) is 22.9. The van der Waals surface area contributed by atoms with E-state index in [4.69, 9.17) is 14.9 Å². The van der Waals surface area contributed by atoms with E-state index in [-0.39, 0.29) is 36.0 Å². The molecule has 2 heterocycles. The highest BCUT2D eigenvalue weighted by atomic mass is 32.2. The largest absolute Gasteiger partial charge is 0.493 e. The van der Waals surface area contributed by atoms with Crippen LogP contribution < -0.4 is 15.0 Å². The smallest absolute Gasteiger partial charge is 0.277 e. The van der Waals surface area contributed by atoms with E-state index in [2.05, 4.69) is 19.8 Å². The number of fused-ring (bicyclic) bond motifs is 1. The molecule has 0 saturated carbocycles. The van der Waals surface area contributed by atoms with Gasteiger partial charge in [0.15, 0.2) is 11.3 Å². The second-order valence-corrected chi connectivity index (χ2v) is 9.97. The molecule has 1 aromatic carbocycles. The molecule has 3 rings (SSSR count). The topological polar surface area (TPSA) is 162 Å². The monoisotopic (exact) mass is 522 g/mol. The van der Waals surface area contributed by atoms with Gasteiger partial charge >= 0.3 is 0 Å². The predicted molar refractivity (Wildman–Crippen MR) is 135 cm³/mol. The maximum atomic E-state index is 13.0. The number of sulfonamides is 1. The number of imidazole rings is 1. The highest BCUT2D eigenvalue weighted by Crippen LogP contribution is 2.30. The third kappa shape index (κ3) is 6.28. The second kappa shape index (κ2) is 12.4. The number of nitrogens with zero attached hydrogens (tertiary/aromatic N) is 4. The molecule has 0 spiro atoms. The summed E-state index contributed by atoms with van der Waals surface area (Å²) in [6, 6.07) is 4.38. The van der Waals surface area contributed by atoms with Crippen LogP contribution in [0.15, 0.2) is 27.9 Å². The van der Waals surface area contributed by atoms with E-state index >= 15 is 0 Å². The minimum absolute atomic E-state index is 0.0184. The first-order valence-electron chi connectivity index (χ1n) is 11.9. The number of aromatic nitrogens is 4. The van der Waals surface area contributed by atoms with E-state index in [0.717, 1.165) is 6.42 Å². The fraction of sp³-hybridized carbons (Fsp3) is 0.522. The number of aliphatic hydroxyl groups is 2. The molecule has 4 N–H and O–H groups in total. The molecule has 0 aliphatic heterocycles. The standard InChI is InChI=1S/C23H34N6O6S/c1-4-6-20-25-16(3)21-23(32)26-22(27-29(20)21)18-15-17(7-8-19(18)35-5-2)36(33,34)24-9-10-28(11-13-30)12-14-31/h7-8,15,24,30-31H,4-6,9-14H2,1-3H3,(H,26,27,32). The lowest BCUT2D eigenvalue weighted by molar-refractivity contribution is 0.163. The number of hydrogen-bond acceptors (Lipinski definition) is 9. The Hall–Kier alpha value is -2.84. The summed E-state index contributed by atoms with van der Waals surface area (Å²) in [6.45, 7) is 6.75. The van der Waals surface area contributed by atoms with Crippen molar-refractivity contribution in [2.24, 2.45) is 0 Å². The Morgan fingerprint density at radius 3 is 2.53 bits per heavy atom. The summed E-state index contributed by atoms with van der Waals surface area (Å²) < 4.78 is 35.8. The fourth-order valence-electron chi connectivity index (χ4n) is 3.93. The van der Waals surface area contributed by atoms with Gasteiger partial charge in [0, 0.05) is 32.6 Å². The van der Waals surface area contributed by atoms with Crippen LogP contribution in [0.3, 0.4) is 0 Å². The minimum atomic E-state index is -3.91. The molecule has 0 atom stereocenters. The van der Waals surface area contributed by atoms with Crippen molar-refractivity contribution < 1.29 is 23.4 Å². The van der Waals surface area contributed by atoms with E-state index in [9.17, 15) is 13.2 Å². The number of aromatic amines is 1. The van der Waals surface area contributed by atoms with Crippen LogP contribution in [0.5, 0.6) is 5.75 Å². The zero-order valence-electron chi connectivity index (χ0n) is 20.8. The maximum Gasteiger partial charge on any atom is 0.277 e. The Bertz CT molecular complexity index is 1330. The summed E-state index contributed by atoms with van der Waals surface area (Å²) in [5.74, 6) is 1.20. The SMILES string of the molecule is CCCc1nc(C)c2c(=O)[nH]c(-c3cc(S(=O)(=O)NCCN(CCO)CCO)ccc3OCC)nn12. The van der Waals surface area contributed by atoms with Crippen molar-refractivity contribution in [1.29, 1.82) is 0 Å². The van der Waals surface area contributed by atoms with Crippen LogP contribution in [-0.2, 0) is 16.4 Å². The summed E-state index contributed by atoms with van der Waals surface area (Å²) in [6.07, 6.45) is 1.45. The van der Waals surface area contributed by atoms with Crippen LogP contribution in [-0.4, -0.2) is 89.1 Å². The van der Waals surface area contributed by atoms with Gasteiger partial charge in [0.05, 0.1) is 36.0 Å². The first-order chi connectivity index (χ1) is 17.2. The van der Waals surface area contributed by atoms with Gasteiger partial charge in [-0.1, -0.05) is 6.92 Å². The summed E-state index contributed by atoms with van der Waals surface area (Å²) >= 11 is 0. The van der Waals surface area contributed by atoms with Crippen LogP contribution in [0.2, 0.25) is 0 Å². The van der Waals surface area contributed by atoms with Crippen molar-refractivity contribution in [2.45, 2.75) is 38.5 Å². The van der Waals surface area contributed by atoms with Crippen molar-refractivity contribution >= 4 is 15.5 Å². The van der Waals surface area contributed by atoms with Gasteiger partial charge in [-0.25, -0.2) is 22.6 Å². The van der Waals surface area contributed by atoms with Gasteiger partial charge in [-0.3, -0.25) is 9.69 Å². The number of nitrogens with one attached hydrogen (secondary N) is 2. The number of H-pyrrole nitrogens is 1. The molecular formula is C23H34N6O6S. The first kappa shape index (κ1) is 27.7. The van der Waals surface area contributed by atoms with Gasteiger partial charge in [-0.2, -0.15) is 0 Å². The highest BCUT2D eigenvalue weighted by molar-refractivity contribution is 7.89. The molecule has 12 nitrogen and oxygen atoms in total. The van der Waals surface area contributed by atoms with Crippen LogP contribution >= 0.6 is 0 Å².